The summed E-state index contributed by atoms with van der Waals surface area (Å²) < 4.78 is 50.8. The summed E-state index contributed by atoms with van der Waals surface area (Å²) in [5, 5.41) is 5.75. The first-order valence-electron chi connectivity index (χ1n) is 5.50. The minimum absolute atomic E-state index is 0.201. The van der Waals surface area contributed by atoms with Crippen LogP contribution in [0.15, 0.2) is 35.8 Å². The molecule has 0 amide bonds. The van der Waals surface area contributed by atoms with Crippen LogP contribution in [0, 0.1) is 0 Å². The molecule has 1 atom stereocenters. The Kier molecular flexibility index (Phi) is 6.68. The minimum atomic E-state index is -4.75. The standard InChI is InChI=1S/C12H18F4N2/c1-5-11(13)10(12(14,15)16)7-8(3)18-9(4)17-6-2/h5,7,9,17-18H,1,6H2,2-4H3/b8-7+,11-10-. The van der Waals surface area contributed by atoms with Crippen LogP contribution in [0.5, 0.6) is 0 Å². The van der Waals surface area contributed by atoms with E-state index in [1.165, 1.54) is 6.92 Å². The van der Waals surface area contributed by atoms with Crippen molar-refractivity contribution in [3.63, 3.8) is 0 Å². The summed E-state index contributed by atoms with van der Waals surface area (Å²) in [5.74, 6) is -1.39. The molecule has 18 heavy (non-hydrogen) atoms. The molecule has 2 nitrogen and oxygen atoms in total. The molecular formula is C12H18F4N2. The molecule has 0 spiro atoms. The van der Waals surface area contributed by atoms with Crippen LogP contribution in [-0.2, 0) is 0 Å². The quantitative estimate of drug-likeness (QED) is 0.437. The maximum atomic E-state index is 13.1. The van der Waals surface area contributed by atoms with Gasteiger partial charge >= 0.3 is 6.18 Å². The number of hydrogen-bond acceptors (Lipinski definition) is 2. The van der Waals surface area contributed by atoms with Gasteiger partial charge < -0.3 is 5.32 Å². The van der Waals surface area contributed by atoms with E-state index < -0.39 is 17.6 Å². The van der Waals surface area contributed by atoms with Gasteiger partial charge in [-0.25, -0.2) is 4.39 Å². The molecule has 0 heterocycles. The minimum Gasteiger partial charge on any atom is -0.374 e. The van der Waals surface area contributed by atoms with E-state index in [4.69, 9.17) is 0 Å². The van der Waals surface area contributed by atoms with Gasteiger partial charge in [-0.3, -0.25) is 5.32 Å². The first kappa shape index (κ1) is 16.7. The summed E-state index contributed by atoms with van der Waals surface area (Å²) in [4.78, 5) is 0. The highest BCUT2D eigenvalue weighted by Gasteiger charge is 2.35. The van der Waals surface area contributed by atoms with E-state index >= 15 is 0 Å². The monoisotopic (exact) mass is 266 g/mol. The average molecular weight is 266 g/mol. The summed E-state index contributed by atoms with van der Waals surface area (Å²) in [6.07, 6.45) is -3.68. The number of rotatable bonds is 6. The van der Waals surface area contributed by atoms with Gasteiger partial charge in [0.1, 0.15) is 5.83 Å². The molecule has 0 aromatic rings. The molecule has 0 aromatic carbocycles. The van der Waals surface area contributed by atoms with E-state index in [0.29, 0.717) is 12.6 Å². The van der Waals surface area contributed by atoms with Crippen molar-refractivity contribution < 1.29 is 17.6 Å². The third-order valence-corrected chi connectivity index (χ3v) is 2.06. The predicted octanol–water partition coefficient (Wildman–Crippen LogP) is 3.41. The van der Waals surface area contributed by atoms with Crippen LogP contribution in [0.4, 0.5) is 17.6 Å². The molecule has 0 saturated heterocycles. The normalized spacial score (nSPS) is 16.1. The lowest BCUT2D eigenvalue weighted by molar-refractivity contribution is -0.0898. The van der Waals surface area contributed by atoms with Crippen LogP contribution in [0.1, 0.15) is 20.8 Å². The van der Waals surface area contributed by atoms with E-state index in [1.54, 1.807) is 6.92 Å². The fraction of sp³-hybridized carbons (Fsp3) is 0.500. The van der Waals surface area contributed by atoms with Crippen LogP contribution in [-0.4, -0.2) is 18.9 Å². The van der Waals surface area contributed by atoms with Gasteiger partial charge in [0.15, 0.2) is 0 Å². The van der Waals surface area contributed by atoms with Crippen molar-refractivity contribution in [2.24, 2.45) is 0 Å². The molecule has 104 valence electrons. The lowest BCUT2D eigenvalue weighted by Gasteiger charge is -2.17. The Morgan fingerprint density at radius 2 is 1.94 bits per heavy atom. The van der Waals surface area contributed by atoms with E-state index in [-0.39, 0.29) is 11.9 Å². The topological polar surface area (TPSA) is 24.1 Å². The largest absolute Gasteiger partial charge is 0.419 e. The molecule has 6 heteroatoms. The van der Waals surface area contributed by atoms with Crippen LogP contribution in [0.2, 0.25) is 0 Å². The van der Waals surface area contributed by atoms with E-state index in [9.17, 15) is 17.6 Å². The Morgan fingerprint density at radius 1 is 1.39 bits per heavy atom. The van der Waals surface area contributed by atoms with E-state index in [2.05, 4.69) is 17.2 Å². The Bertz CT molecular complexity index is 342. The second kappa shape index (κ2) is 7.20. The van der Waals surface area contributed by atoms with Gasteiger partial charge in [-0.2, -0.15) is 13.2 Å². The fourth-order valence-corrected chi connectivity index (χ4v) is 1.35. The summed E-state index contributed by atoms with van der Waals surface area (Å²) >= 11 is 0. The van der Waals surface area contributed by atoms with Crippen LogP contribution >= 0.6 is 0 Å². The summed E-state index contributed by atoms with van der Waals surface area (Å²) in [6, 6.07) is 0. The highest BCUT2D eigenvalue weighted by Crippen LogP contribution is 2.30. The Balaban J connectivity index is 5.04. The van der Waals surface area contributed by atoms with Gasteiger partial charge in [-0.15, -0.1) is 0 Å². The van der Waals surface area contributed by atoms with Gasteiger partial charge in [-0.1, -0.05) is 13.5 Å². The molecular weight excluding hydrogens is 248 g/mol. The zero-order chi connectivity index (χ0) is 14.3. The number of nitrogens with one attached hydrogen (secondary N) is 2. The van der Waals surface area contributed by atoms with Crippen LogP contribution < -0.4 is 10.6 Å². The SMILES string of the molecule is C=C/C(F)=C(\C=C(/C)NC(C)NCC)C(F)(F)F. The van der Waals surface area contributed by atoms with Crippen molar-refractivity contribution in [1.82, 2.24) is 10.6 Å². The highest BCUT2D eigenvalue weighted by atomic mass is 19.4. The molecule has 0 aliphatic carbocycles. The molecule has 0 radical (unpaired) electrons. The summed E-state index contributed by atoms with van der Waals surface area (Å²) in [7, 11) is 0. The van der Waals surface area contributed by atoms with Gasteiger partial charge in [0.05, 0.1) is 11.7 Å². The van der Waals surface area contributed by atoms with Crippen LogP contribution in [0.25, 0.3) is 0 Å². The third-order valence-electron chi connectivity index (χ3n) is 2.06. The fourth-order valence-electron chi connectivity index (χ4n) is 1.35. The summed E-state index contributed by atoms with van der Waals surface area (Å²) in [6.45, 7) is 8.73. The zero-order valence-corrected chi connectivity index (χ0v) is 10.7. The molecule has 1 unspecified atom stereocenters. The molecule has 0 aliphatic heterocycles. The molecule has 2 N–H and O–H groups in total. The Hall–Kier alpha value is -1.30. The lowest BCUT2D eigenvalue weighted by Crippen LogP contribution is -2.38. The van der Waals surface area contributed by atoms with Crippen molar-refractivity contribution >= 4 is 0 Å². The first-order valence-corrected chi connectivity index (χ1v) is 5.50. The third kappa shape index (κ3) is 5.86. The molecule has 0 aromatic heterocycles. The van der Waals surface area contributed by atoms with E-state index in [0.717, 1.165) is 6.08 Å². The molecule has 0 saturated carbocycles. The number of allylic oxidation sites excluding steroid dienone is 5. The lowest BCUT2D eigenvalue weighted by atomic mass is 10.2. The number of halogens is 4. The van der Waals surface area contributed by atoms with Gasteiger partial charge in [0.2, 0.25) is 0 Å². The van der Waals surface area contributed by atoms with Crippen molar-refractivity contribution in [2.45, 2.75) is 33.1 Å². The van der Waals surface area contributed by atoms with Gasteiger partial charge in [-0.05, 0) is 32.5 Å². The van der Waals surface area contributed by atoms with E-state index in [1.807, 2.05) is 6.92 Å². The first-order chi connectivity index (χ1) is 8.22. The maximum Gasteiger partial charge on any atom is 0.419 e. The summed E-state index contributed by atoms with van der Waals surface area (Å²) in [5.41, 5.74) is -1.13. The maximum absolute atomic E-state index is 13.1. The van der Waals surface area contributed by atoms with Gasteiger partial charge in [0, 0.05) is 5.70 Å². The van der Waals surface area contributed by atoms with Crippen molar-refractivity contribution in [2.75, 3.05) is 6.54 Å². The second-order valence-electron chi connectivity index (χ2n) is 3.71. The molecule has 0 aliphatic rings. The molecule has 0 rings (SSSR count). The average Bonchev–Trinajstić information content (AvgIpc) is 2.23. The molecule has 0 fully saturated rings. The Labute approximate surface area is 104 Å². The van der Waals surface area contributed by atoms with Crippen LogP contribution in [0.3, 0.4) is 0 Å². The van der Waals surface area contributed by atoms with Gasteiger partial charge in [0.25, 0.3) is 0 Å². The number of hydrogen-bond donors (Lipinski definition) is 2. The van der Waals surface area contributed by atoms with Crippen molar-refractivity contribution in [3.8, 4) is 0 Å². The predicted molar refractivity (Wildman–Crippen MR) is 64.4 cm³/mol. The number of alkyl halides is 3. The highest BCUT2D eigenvalue weighted by molar-refractivity contribution is 5.33. The van der Waals surface area contributed by atoms with Crippen molar-refractivity contribution in [1.29, 1.82) is 0 Å². The molecule has 0 bridgehead atoms. The Morgan fingerprint density at radius 3 is 2.33 bits per heavy atom. The van der Waals surface area contributed by atoms with Crippen molar-refractivity contribution in [3.05, 3.63) is 35.8 Å². The second-order valence-corrected chi connectivity index (χ2v) is 3.71. The smallest absolute Gasteiger partial charge is 0.374 e. The zero-order valence-electron chi connectivity index (χ0n) is 10.7.